The van der Waals surface area contributed by atoms with Crippen LogP contribution in [0.4, 0.5) is 0 Å². The molecule has 1 aromatic carbocycles. The van der Waals surface area contributed by atoms with Gasteiger partial charge in [0.1, 0.15) is 5.75 Å². The molecule has 0 amide bonds. The molecule has 1 rings (SSSR count). The lowest BCUT2D eigenvalue weighted by Crippen LogP contribution is -2.14. The van der Waals surface area contributed by atoms with Crippen molar-refractivity contribution >= 4 is 15.9 Å². The van der Waals surface area contributed by atoms with Crippen LogP contribution < -0.4 is 10.5 Å². The number of halogens is 1. The molecule has 0 saturated heterocycles. The predicted octanol–water partition coefficient (Wildman–Crippen LogP) is 3.79. The second-order valence-electron chi connectivity index (χ2n) is 5.06. The third-order valence-electron chi connectivity index (χ3n) is 2.75. The van der Waals surface area contributed by atoms with Gasteiger partial charge < -0.3 is 10.5 Å². The molecule has 0 spiro atoms. The van der Waals surface area contributed by atoms with Gasteiger partial charge in [-0.25, -0.2) is 0 Å². The van der Waals surface area contributed by atoms with Gasteiger partial charge in [0.15, 0.2) is 0 Å². The van der Waals surface area contributed by atoms with Gasteiger partial charge in [-0.05, 0) is 45.4 Å². The van der Waals surface area contributed by atoms with Crippen LogP contribution in [0.5, 0.6) is 5.75 Å². The van der Waals surface area contributed by atoms with Crippen LogP contribution in [0.15, 0.2) is 22.7 Å². The fourth-order valence-electron chi connectivity index (χ4n) is 1.48. The van der Waals surface area contributed by atoms with Crippen molar-refractivity contribution < 1.29 is 4.74 Å². The van der Waals surface area contributed by atoms with E-state index >= 15 is 0 Å². The van der Waals surface area contributed by atoms with E-state index in [1.807, 2.05) is 39.0 Å². The fraction of sp³-hybridized carbons (Fsp3) is 0.500. The zero-order valence-corrected chi connectivity index (χ0v) is 12.6. The third kappa shape index (κ3) is 4.32. The first kappa shape index (κ1) is 15.0. The molecule has 0 unspecified atom stereocenters. The van der Waals surface area contributed by atoms with Crippen molar-refractivity contribution in [3.05, 3.63) is 28.2 Å². The maximum absolute atomic E-state index is 8.94. The molecule has 0 bridgehead atoms. The van der Waals surface area contributed by atoms with Gasteiger partial charge in [-0.15, -0.1) is 0 Å². The summed E-state index contributed by atoms with van der Waals surface area (Å²) in [4.78, 5) is 0. The Morgan fingerprint density at radius 1 is 1.50 bits per heavy atom. The Morgan fingerprint density at radius 2 is 2.17 bits per heavy atom. The number of nitrogens with zero attached hydrogens (tertiary/aromatic N) is 1. The summed E-state index contributed by atoms with van der Waals surface area (Å²) in [5.41, 5.74) is 6.53. The van der Waals surface area contributed by atoms with Crippen LogP contribution in [0, 0.1) is 16.7 Å². The van der Waals surface area contributed by atoms with Crippen molar-refractivity contribution in [2.75, 3.05) is 6.61 Å². The highest BCUT2D eigenvalue weighted by Crippen LogP contribution is 2.28. The zero-order chi connectivity index (χ0) is 13.8. The molecule has 0 aromatic heterocycles. The van der Waals surface area contributed by atoms with Crippen molar-refractivity contribution in [2.45, 2.75) is 33.2 Å². The van der Waals surface area contributed by atoms with E-state index in [1.54, 1.807) is 0 Å². The first-order valence-corrected chi connectivity index (χ1v) is 6.74. The van der Waals surface area contributed by atoms with Crippen LogP contribution in [0.1, 0.15) is 38.8 Å². The van der Waals surface area contributed by atoms with E-state index in [1.165, 1.54) is 0 Å². The van der Waals surface area contributed by atoms with Gasteiger partial charge in [0.2, 0.25) is 0 Å². The number of hydrogen-bond acceptors (Lipinski definition) is 3. The molecule has 0 fully saturated rings. The van der Waals surface area contributed by atoms with Crippen molar-refractivity contribution in [1.29, 1.82) is 5.26 Å². The van der Waals surface area contributed by atoms with Gasteiger partial charge >= 0.3 is 0 Å². The summed E-state index contributed by atoms with van der Waals surface area (Å²) >= 11 is 3.42. The Morgan fingerprint density at radius 3 is 2.72 bits per heavy atom. The summed E-state index contributed by atoms with van der Waals surface area (Å²) in [6.07, 6.45) is 0.692. The third-order valence-corrected chi connectivity index (χ3v) is 3.24. The molecule has 18 heavy (non-hydrogen) atoms. The number of ether oxygens (including phenoxy) is 1. The molecule has 1 atom stereocenters. The monoisotopic (exact) mass is 310 g/mol. The quantitative estimate of drug-likeness (QED) is 0.900. The second-order valence-corrected chi connectivity index (χ2v) is 5.98. The Balaban J connectivity index is 2.71. The summed E-state index contributed by atoms with van der Waals surface area (Å²) in [6, 6.07) is 7.98. The fourth-order valence-corrected chi connectivity index (χ4v) is 1.86. The van der Waals surface area contributed by atoms with E-state index < -0.39 is 0 Å². The van der Waals surface area contributed by atoms with E-state index in [0.29, 0.717) is 13.0 Å². The zero-order valence-electron chi connectivity index (χ0n) is 11.0. The van der Waals surface area contributed by atoms with Gasteiger partial charge in [0.25, 0.3) is 0 Å². The van der Waals surface area contributed by atoms with Crippen molar-refractivity contribution in [2.24, 2.45) is 11.1 Å². The van der Waals surface area contributed by atoms with Crippen LogP contribution in [0.25, 0.3) is 0 Å². The van der Waals surface area contributed by atoms with Crippen LogP contribution in [0.2, 0.25) is 0 Å². The maximum atomic E-state index is 8.94. The largest absolute Gasteiger partial charge is 0.493 e. The first-order valence-electron chi connectivity index (χ1n) is 5.95. The van der Waals surface area contributed by atoms with Crippen LogP contribution in [0.3, 0.4) is 0 Å². The van der Waals surface area contributed by atoms with E-state index in [2.05, 4.69) is 22.0 Å². The van der Waals surface area contributed by atoms with E-state index in [-0.39, 0.29) is 11.5 Å². The molecule has 98 valence electrons. The molecule has 4 heteroatoms. The number of hydrogen-bond donors (Lipinski definition) is 1. The highest BCUT2D eigenvalue weighted by atomic mass is 79.9. The minimum atomic E-state index is -0.357. The number of rotatable bonds is 5. The molecule has 2 N–H and O–H groups in total. The van der Waals surface area contributed by atoms with Crippen molar-refractivity contribution in [3.63, 3.8) is 0 Å². The lowest BCUT2D eigenvalue weighted by Gasteiger charge is -2.18. The van der Waals surface area contributed by atoms with Crippen LogP contribution >= 0.6 is 15.9 Å². The van der Waals surface area contributed by atoms with Crippen LogP contribution in [-0.4, -0.2) is 6.61 Å². The molecule has 1 aromatic rings. The first-order chi connectivity index (χ1) is 8.35. The van der Waals surface area contributed by atoms with Crippen molar-refractivity contribution in [3.8, 4) is 11.8 Å². The maximum Gasteiger partial charge on any atom is 0.124 e. The Bertz CT molecular complexity index is 450. The van der Waals surface area contributed by atoms with E-state index in [4.69, 9.17) is 15.7 Å². The minimum absolute atomic E-state index is 0.0820. The highest BCUT2D eigenvalue weighted by molar-refractivity contribution is 9.10. The lowest BCUT2D eigenvalue weighted by molar-refractivity contribution is 0.261. The number of benzene rings is 1. The summed E-state index contributed by atoms with van der Waals surface area (Å²) in [6.45, 7) is 6.25. The molecule has 0 heterocycles. The second kappa shape index (κ2) is 6.21. The molecular weight excluding hydrogens is 292 g/mol. The predicted molar refractivity (Wildman–Crippen MR) is 76.3 cm³/mol. The Labute approximate surface area is 117 Å². The summed E-state index contributed by atoms with van der Waals surface area (Å²) in [5, 5.41) is 8.94. The molecule has 3 nitrogen and oxygen atoms in total. The van der Waals surface area contributed by atoms with Gasteiger partial charge in [-0.3, -0.25) is 0 Å². The van der Waals surface area contributed by atoms with Crippen molar-refractivity contribution in [1.82, 2.24) is 0 Å². The normalized spacial score (nSPS) is 12.9. The van der Waals surface area contributed by atoms with E-state index in [0.717, 1.165) is 15.8 Å². The topological polar surface area (TPSA) is 59.0 Å². The molecule has 0 aliphatic carbocycles. The van der Waals surface area contributed by atoms with Gasteiger partial charge in [-0.2, -0.15) is 5.26 Å². The van der Waals surface area contributed by atoms with Gasteiger partial charge in [-0.1, -0.05) is 15.9 Å². The molecule has 0 aliphatic heterocycles. The SMILES string of the molecule is C[C@@H](N)c1cc(Br)ccc1OCCC(C)(C)C#N. The molecule has 0 aliphatic rings. The van der Waals surface area contributed by atoms with Gasteiger partial charge in [0.05, 0.1) is 18.1 Å². The number of nitriles is 1. The molecule has 0 saturated carbocycles. The number of nitrogens with two attached hydrogens (primary N) is 1. The molecule has 0 radical (unpaired) electrons. The standard InChI is InChI=1S/C14H19BrN2O/c1-10(17)12-8-11(15)4-5-13(12)18-7-6-14(2,3)9-16/h4-5,8,10H,6-7,17H2,1-3H3/t10-/m1/s1. The lowest BCUT2D eigenvalue weighted by atomic mass is 9.92. The smallest absolute Gasteiger partial charge is 0.124 e. The average molecular weight is 311 g/mol. The Kier molecular flexibility index (Phi) is 5.18. The van der Waals surface area contributed by atoms with Gasteiger partial charge in [0, 0.05) is 16.1 Å². The highest BCUT2D eigenvalue weighted by Gasteiger charge is 2.17. The summed E-state index contributed by atoms with van der Waals surface area (Å²) < 4.78 is 6.72. The van der Waals surface area contributed by atoms with Crippen LogP contribution in [-0.2, 0) is 0 Å². The Hall–Kier alpha value is -1.05. The average Bonchev–Trinajstić information content (AvgIpc) is 2.30. The summed E-state index contributed by atoms with van der Waals surface area (Å²) in [5.74, 6) is 0.793. The summed E-state index contributed by atoms with van der Waals surface area (Å²) in [7, 11) is 0. The molecular formula is C14H19BrN2O. The van der Waals surface area contributed by atoms with E-state index in [9.17, 15) is 0 Å². The minimum Gasteiger partial charge on any atom is -0.493 e.